The van der Waals surface area contributed by atoms with E-state index in [1.807, 2.05) is 0 Å². The summed E-state index contributed by atoms with van der Waals surface area (Å²) in [5.41, 5.74) is 4.53. The van der Waals surface area contributed by atoms with Gasteiger partial charge in [-0.15, -0.1) is 11.3 Å². The number of rotatable bonds is 6. The number of carboxylic acid groups (broad SMARTS) is 1. The van der Waals surface area contributed by atoms with Crippen LogP contribution in [0.15, 0.2) is 41.8 Å². The zero-order valence-electron chi connectivity index (χ0n) is 15.8. The molecule has 0 bridgehead atoms. The average Bonchev–Trinajstić information content (AvgIpc) is 3.14. The van der Waals surface area contributed by atoms with Crippen molar-refractivity contribution < 1.29 is 36.6 Å². The smallest absolute Gasteiger partial charge is 0.418 e. The first kappa shape index (κ1) is 22.9. The number of hydrogen-bond acceptors (Lipinski definition) is 5. The molecule has 0 atom stereocenters. The van der Waals surface area contributed by atoms with Crippen molar-refractivity contribution >= 4 is 39.8 Å². The van der Waals surface area contributed by atoms with E-state index in [0.717, 1.165) is 5.38 Å². The fourth-order valence-electron chi connectivity index (χ4n) is 2.65. The number of thiazole rings is 1. The molecule has 0 saturated carbocycles. The zero-order valence-corrected chi connectivity index (χ0v) is 16.6. The number of carbonyl (C=O) groups excluding carboxylic acids is 1. The van der Waals surface area contributed by atoms with Gasteiger partial charge >= 0.3 is 12.1 Å². The molecular weight excluding hydrogens is 459 g/mol. The van der Waals surface area contributed by atoms with Crippen molar-refractivity contribution in [3.05, 3.63) is 70.5 Å². The first-order valence-electron chi connectivity index (χ1n) is 8.66. The second-order valence-corrected chi connectivity index (χ2v) is 7.15. The van der Waals surface area contributed by atoms with Crippen LogP contribution < -0.4 is 16.0 Å². The summed E-state index contributed by atoms with van der Waals surface area (Å²) in [6.07, 6.45) is -2.65. The molecule has 1 aromatic heterocycles. The quantitative estimate of drug-likeness (QED) is 0.211. The van der Waals surface area contributed by atoms with Gasteiger partial charge in [-0.05, 0) is 24.3 Å². The number of nitrogens with one attached hydrogen (secondary N) is 1. The highest BCUT2D eigenvalue weighted by Gasteiger charge is 2.48. The fraction of sp³-hybridized carbons (Fsp3) is 0.105. The zero-order chi connectivity index (χ0) is 23.6. The predicted molar refractivity (Wildman–Crippen MR) is 106 cm³/mol. The second-order valence-electron chi connectivity index (χ2n) is 6.32. The van der Waals surface area contributed by atoms with Crippen molar-refractivity contribution in [2.24, 2.45) is 0 Å². The molecule has 0 radical (unpaired) electrons. The van der Waals surface area contributed by atoms with E-state index in [4.69, 9.17) is 5.73 Å². The third-order valence-corrected chi connectivity index (χ3v) is 5.01. The topological polar surface area (TPSA) is 109 Å². The molecule has 0 aliphatic heterocycles. The molecule has 0 saturated heterocycles. The largest absolute Gasteiger partial charge is 0.464 e. The van der Waals surface area contributed by atoms with Crippen LogP contribution in [0.25, 0.3) is 0 Å². The van der Waals surface area contributed by atoms with E-state index < -0.39 is 57.5 Å². The number of nitrogens with zero attached hydrogens (tertiary/aromatic N) is 2. The van der Waals surface area contributed by atoms with Gasteiger partial charge in [0.15, 0.2) is 22.6 Å². The molecule has 0 aliphatic rings. The van der Waals surface area contributed by atoms with Gasteiger partial charge in [0.05, 0.1) is 29.1 Å². The summed E-state index contributed by atoms with van der Waals surface area (Å²) in [5.74, 6) is -6.74. The van der Waals surface area contributed by atoms with Gasteiger partial charge in [0.25, 0.3) is 0 Å². The van der Waals surface area contributed by atoms with Gasteiger partial charge in [0.2, 0.25) is 5.91 Å². The Morgan fingerprint density at radius 1 is 1.12 bits per heavy atom. The minimum atomic E-state index is -4.64. The van der Waals surface area contributed by atoms with Crippen LogP contribution in [0, 0.1) is 17.5 Å². The number of halogens is 5. The summed E-state index contributed by atoms with van der Waals surface area (Å²) >= 11 is 0.431. The van der Waals surface area contributed by atoms with Gasteiger partial charge < -0.3 is 16.2 Å². The molecule has 7 nitrogen and oxygen atoms in total. The van der Waals surface area contributed by atoms with E-state index in [1.54, 1.807) is 18.2 Å². The Morgan fingerprint density at radius 2 is 1.81 bits per heavy atom. The maximum atomic E-state index is 14.8. The van der Waals surface area contributed by atoms with Crippen molar-refractivity contribution in [3.8, 4) is 0 Å². The van der Waals surface area contributed by atoms with Crippen molar-refractivity contribution in [3.63, 3.8) is 0 Å². The van der Waals surface area contributed by atoms with Crippen LogP contribution in [-0.2, 0) is 17.3 Å². The highest BCUT2D eigenvalue weighted by molar-refractivity contribution is 7.14. The first-order chi connectivity index (χ1) is 15.0. The Bertz CT molecular complexity index is 1190. The van der Waals surface area contributed by atoms with Crippen molar-refractivity contribution in [2.45, 2.75) is 12.5 Å². The number of benzene rings is 2. The van der Waals surface area contributed by atoms with E-state index in [0.29, 0.717) is 17.0 Å². The van der Waals surface area contributed by atoms with Crippen LogP contribution in [0.3, 0.4) is 0 Å². The molecule has 2 aromatic carbocycles. The van der Waals surface area contributed by atoms with Crippen molar-refractivity contribution in [1.82, 2.24) is 4.98 Å². The van der Waals surface area contributed by atoms with Gasteiger partial charge in [0, 0.05) is 5.38 Å². The second kappa shape index (κ2) is 8.78. The van der Waals surface area contributed by atoms with Crippen LogP contribution in [0.2, 0.25) is 0 Å². The fourth-order valence-corrected chi connectivity index (χ4v) is 3.50. The van der Waals surface area contributed by atoms with Gasteiger partial charge in [-0.25, -0.2) is 22.9 Å². The predicted octanol–water partition coefficient (Wildman–Crippen LogP) is 4.56. The third kappa shape index (κ3) is 4.46. The lowest BCUT2D eigenvalue weighted by Gasteiger charge is -2.27. The monoisotopic (exact) mass is 472 g/mol. The standard InChI is InChI=1S/C19H13F5N4O3S/c20-11-6-5-10(15(21)16(11)22)19(23,24)28(18(30)31)17-26-9(8-32-17)7-14(29)27-13-4-2-1-3-12(13)25/h1-6,8H,7,25H2,(H,27,29)(H,30,31). The Kier molecular flexibility index (Phi) is 6.30. The lowest BCUT2D eigenvalue weighted by atomic mass is 10.1. The minimum Gasteiger partial charge on any atom is -0.464 e. The highest BCUT2D eigenvalue weighted by Crippen LogP contribution is 2.39. The summed E-state index contributed by atoms with van der Waals surface area (Å²) in [7, 11) is 0. The molecule has 1 heterocycles. The van der Waals surface area contributed by atoms with Gasteiger partial charge in [-0.1, -0.05) is 12.1 Å². The lowest BCUT2D eigenvalue weighted by molar-refractivity contribution is -0.115. The van der Waals surface area contributed by atoms with E-state index in [-0.39, 0.29) is 23.5 Å². The first-order valence-corrected chi connectivity index (χ1v) is 9.54. The number of aromatic nitrogens is 1. The third-order valence-electron chi connectivity index (χ3n) is 4.14. The van der Waals surface area contributed by atoms with Crippen molar-refractivity contribution in [2.75, 3.05) is 16.0 Å². The Labute approximate surface area is 180 Å². The summed E-state index contributed by atoms with van der Waals surface area (Å²) < 4.78 is 70.1. The normalized spacial score (nSPS) is 11.3. The Balaban J connectivity index is 1.86. The Hall–Kier alpha value is -3.74. The number of amides is 2. The SMILES string of the molecule is Nc1ccccc1NC(=O)Cc1csc(N(C(=O)O)C(F)(F)c2ccc(F)c(F)c2F)n1. The number of nitrogens with two attached hydrogens (primary N) is 1. The van der Waals surface area contributed by atoms with Gasteiger partial charge in [-0.2, -0.15) is 13.7 Å². The maximum Gasteiger partial charge on any atom is 0.418 e. The molecule has 0 spiro atoms. The molecule has 32 heavy (non-hydrogen) atoms. The summed E-state index contributed by atoms with van der Waals surface area (Å²) in [5, 5.41) is 12.1. The maximum absolute atomic E-state index is 14.8. The molecule has 3 rings (SSSR count). The van der Waals surface area contributed by atoms with Gasteiger partial charge in [0.1, 0.15) is 0 Å². The van der Waals surface area contributed by atoms with Crippen LogP contribution in [-0.4, -0.2) is 22.1 Å². The number of anilines is 3. The molecule has 168 valence electrons. The minimum absolute atomic E-state index is 0.0650. The number of carbonyl (C=O) groups is 2. The average molecular weight is 472 g/mol. The highest BCUT2D eigenvalue weighted by atomic mass is 32.1. The van der Waals surface area contributed by atoms with Crippen LogP contribution in [0.1, 0.15) is 11.3 Å². The van der Waals surface area contributed by atoms with E-state index in [1.165, 1.54) is 6.07 Å². The summed E-state index contributed by atoms with van der Waals surface area (Å²) in [4.78, 5) is 26.8. The van der Waals surface area contributed by atoms with Crippen LogP contribution in [0.4, 0.5) is 43.3 Å². The molecule has 13 heteroatoms. The number of alkyl halides is 2. The Morgan fingerprint density at radius 3 is 2.47 bits per heavy atom. The van der Waals surface area contributed by atoms with E-state index in [9.17, 15) is 36.6 Å². The summed E-state index contributed by atoms with van der Waals surface area (Å²) in [6.45, 7) is 0. The van der Waals surface area contributed by atoms with Gasteiger partial charge in [-0.3, -0.25) is 4.79 Å². The van der Waals surface area contributed by atoms with E-state index >= 15 is 0 Å². The molecule has 2 amide bonds. The van der Waals surface area contributed by atoms with E-state index in [2.05, 4.69) is 10.3 Å². The molecule has 0 aliphatic carbocycles. The number of nitrogen functional groups attached to an aromatic ring is 1. The molecule has 0 fully saturated rings. The lowest BCUT2D eigenvalue weighted by Crippen LogP contribution is -2.44. The number of para-hydroxylation sites is 2. The van der Waals surface area contributed by atoms with Crippen LogP contribution in [0.5, 0.6) is 0 Å². The van der Waals surface area contributed by atoms with Crippen molar-refractivity contribution in [1.29, 1.82) is 0 Å². The van der Waals surface area contributed by atoms with Crippen LogP contribution >= 0.6 is 11.3 Å². The molecule has 4 N–H and O–H groups in total. The summed E-state index contributed by atoms with van der Waals surface area (Å²) in [6, 6.07) is 2.18. The molecule has 0 unspecified atom stereocenters. The molecule has 3 aromatic rings. The number of hydrogen-bond donors (Lipinski definition) is 3. The molecular formula is C19H13F5N4O3S.